The summed E-state index contributed by atoms with van der Waals surface area (Å²) < 4.78 is 2.42. The third-order valence-electron chi connectivity index (χ3n) is 4.16. The Bertz CT molecular complexity index is 434. The molecule has 1 atom stereocenters. The molecule has 0 saturated heterocycles. The molecule has 1 aromatic carbocycles. The van der Waals surface area contributed by atoms with Crippen molar-refractivity contribution in [3.8, 4) is 0 Å². The Morgan fingerprint density at radius 1 is 1.06 bits per heavy atom. The van der Waals surface area contributed by atoms with E-state index in [0.29, 0.717) is 10.2 Å². The molecule has 3 heteroatoms. The minimum Gasteiger partial charge on any atom is -0.0832 e. The first-order valence-corrected chi connectivity index (χ1v) is 9.04. The third kappa shape index (κ3) is 3.04. The van der Waals surface area contributed by atoms with Crippen LogP contribution in [0, 0.1) is 12.3 Å². The van der Waals surface area contributed by atoms with Crippen molar-refractivity contribution in [2.75, 3.05) is 0 Å². The van der Waals surface area contributed by atoms with Crippen LogP contribution in [0.25, 0.3) is 0 Å². The van der Waals surface area contributed by atoms with Crippen LogP contribution < -0.4 is 0 Å². The average Bonchev–Trinajstić information content (AvgIpc) is 2.34. The van der Waals surface area contributed by atoms with E-state index in [1.807, 2.05) is 0 Å². The van der Waals surface area contributed by atoms with Gasteiger partial charge in [0.05, 0.1) is 0 Å². The number of hydrogen-bond donors (Lipinski definition) is 0. The van der Waals surface area contributed by atoms with E-state index in [4.69, 9.17) is 0 Å². The Morgan fingerprint density at radius 3 is 2.28 bits per heavy atom. The lowest BCUT2D eigenvalue weighted by Crippen LogP contribution is -2.25. The fraction of sp³-hybridized carbons (Fsp3) is 0.600. The van der Waals surface area contributed by atoms with Gasteiger partial charge in [-0.1, -0.05) is 74.0 Å². The maximum Gasteiger partial charge on any atom is 0.0460 e. The molecule has 0 bridgehead atoms. The number of aryl methyl sites for hydroxylation is 1. The van der Waals surface area contributed by atoms with Crippen LogP contribution in [0.15, 0.2) is 21.1 Å². The SMILES string of the molecule is Cc1cc(Br)c(C(Br)C2(C)CCCCC2)cc1Br. The molecule has 1 aliphatic rings. The Balaban J connectivity index is 2.33. The highest BCUT2D eigenvalue weighted by Gasteiger charge is 2.35. The molecule has 1 fully saturated rings. The molecule has 1 saturated carbocycles. The summed E-state index contributed by atoms with van der Waals surface area (Å²) in [5.41, 5.74) is 3.03. The number of benzene rings is 1. The van der Waals surface area contributed by atoms with Crippen LogP contribution in [-0.4, -0.2) is 0 Å². The molecule has 0 aliphatic heterocycles. The molecule has 0 amide bonds. The maximum atomic E-state index is 3.96. The fourth-order valence-corrected chi connectivity index (χ4v) is 5.04. The zero-order valence-electron chi connectivity index (χ0n) is 10.9. The van der Waals surface area contributed by atoms with Crippen molar-refractivity contribution in [3.05, 3.63) is 32.2 Å². The summed E-state index contributed by atoms with van der Waals surface area (Å²) in [6, 6.07) is 4.47. The Morgan fingerprint density at radius 2 is 1.67 bits per heavy atom. The highest BCUT2D eigenvalue weighted by Crippen LogP contribution is 2.52. The summed E-state index contributed by atoms with van der Waals surface area (Å²) in [5.74, 6) is 0. The van der Waals surface area contributed by atoms with Crippen molar-refractivity contribution in [2.24, 2.45) is 5.41 Å². The molecule has 0 radical (unpaired) electrons. The smallest absolute Gasteiger partial charge is 0.0460 e. The molecule has 0 spiro atoms. The summed E-state index contributed by atoms with van der Waals surface area (Å²) in [6.07, 6.45) is 6.77. The fourth-order valence-electron chi connectivity index (χ4n) is 2.84. The van der Waals surface area contributed by atoms with Crippen molar-refractivity contribution in [1.82, 2.24) is 0 Å². The third-order valence-corrected chi connectivity index (χ3v) is 7.30. The van der Waals surface area contributed by atoms with Crippen LogP contribution >= 0.6 is 47.8 Å². The molecule has 0 nitrogen and oxygen atoms in total. The predicted molar refractivity (Wildman–Crippen MR) is 89.4 cm³/mol. The van der Waals surface area contributed by atoms with Gasteiger partial charge in [0.25, 0.3) is 0 Å². The lowest BCUT2D eigenvalue weighted by Gasteiger charge is -2.38. The van der Waals surface area contributed by atoms with Gasteiger partial charge >= 0.3 is 0 Å². The first kappa shape index (κ1) is 15.1. The molecular weight excluding hydrogens is 420 g/mol. The normalized spacial score (nSPS) is 20.7. The second-order valence-corrected chi connectivity index (χ2v) is 8.32. The Labute approximate surface area is 135 Å². The molecule has 100 valence electrons. The van der Waals surface area contributed by atoms with E-state index in [1.54, 1.807) is 0 Å². The summed E-state index contributed by atoms with van der Waals surface area (Å²) in [6.45, 7) is 4.55. The minimum atomic E-state index is 0.384. The molecule has 0 N–H and O–H groups in total. The average molecular weight is 439 g/mol. The van der Waals surface area contributed by atoms with Crippen LogP contribution in [0.2, 0.25) is 0 Å². The topological polar surface area (TPSA) is 0 Å². The molecule has 1 unspecified atom stereocenters. The van der Waals surface area contributed by atoms with Crippen LogP contribution in [-0.2, 0) is 0 Å². The standard InChI is InChI=1S/C15H19Br3/c1-10-8-13(17)11(9-12(10)16)14(18)15(2)6-4-3-5-7-15/h8-9,14H,3-7H2,1-2H3. The van der Waals surface area contributed by atoms with E-state index in [9.17, 15) is 0 Å². The van der Waals surface area contributed by atoms with E-state index in [-0.39, 0.29) is 0 Å². The van der Waals surface area contributed by atoms with Gasteiger partial charge in [0, 0.05) is 13.8 Å². The van der Waals surface area contributed by atoms with E-state index in [0.717, 1.165) is 0 Å². The molecular formula is C15H19Br3. The van der Waals surface area contributed by atoms with Crippen molar-refractivity contribution in [2.45, 2.75) is 50.8 Å². The monoisotopic (exact) mass is 436 g/mol. The first-order chi connectivity index (χ1) is 8.44. The van der Waals surface area contributed by atoms with Gasteiger partial charge in [0.2, 0.25) is 0 Å². The lowest BCUT2D eigenvalue weighted by atomic mass is 9.72. The summed E-state index contributed by atoms with van der Waals surface area (Å²) in [5, 5.41) is 0. The van der Waals surface area contributed by atoms with Gasteiger partial charge in [-0.15, -0.1) is 0 Å². The summed E-state index contributed by atoms with van der Waals surface area (Å²) >= 11 is 11.3. The number of rotatable bonds is 2. The highest BCUT2D eigenvalue weighted by molar-refractivity contribution is 9.11. The molecule has 0 aromatic heterocycles. The minimum absolute atomic E-state index is 0.384. The molecule has 1 aliphatic carbocycles. The second kappa shape index (κ2) is 5.97. The molecule has 0 heterocycles. The van der Waals surface area contributed by atoms with Gasteiger partial charge < -0.3 is 0 Å². The van der Waals surface area contributed by atoms with Crippen molar-refractivity contribution >= 4 is 47.8 Å². The quantitative estimate of drug-likeness (QED) is 0.439. The zero-order chi connectivity index (χ0) is 13.3. The number of halogens is 3. The van der Waals surface area contributed by atoms with E-state index in [1.165, 1.54) is 52.2 Å². The van der Waals surface area contributed by atoms with Crippen LogP contribution in [0.3, 0.4) is 0 Å². The van der Waals surface area contributed by atoms with E-state index < -0.39 is 0 Å². The van der Waals surface area contributed by atoms with Gasteiger partial charge in [-0.25, -0.2) is 0 Å². The largest absolute Gasteiger partial charge is 0.0832 e. The Hall–Kier alpha value is 0.660. The van der Waals surface area contributed by atoms with Crippen molar-refractivity contribution in [3.63, 3.8) is 0 Å². The zero-order valence-corrected chi connectivity index (χ0v) is 15.7. The van der Waals surface area contributed by atoms with Gasteiger partial charge in [-0.3, -0.25) is 0 Å². The van der Waals surface area contributed by atoms with Gasteiger partial charge in [0.15, 0.2) is 0 Å². The van der Waals surface area contributed by atoms with Gasteiger partial charge in [-0.05, 0) is 48.4 Å². The molecule has 18 heavy (non-hydrogen) atoms. The number of hydrogen-bond acceptors (Lipinski definition) is 0. The molecule has 1 aromatic rings. The second-order valence-electron chi connectivity index (χ2n) is 5.70. The Kier molecular flexibility index (Phi) is 4.99. The highest BCUT2D eigenvalue weighted by atomic mass is 79.9. The first-order valence-electron chi connectivity index (χ1n) is 6.54. The maximum absolute atomic E-state index is 3.96. The van der Waals surface area contributed by atoms with Crippen molar-refractivity contribution < 1.29 is 0 Å². The van der Waals surface area contributed by atoms with E-state index >= 15 is 0 Å². The number of alkyl halides is 1. The predicted octanol–water partition coefficient (Wildman–Crippen LogP) is 6.93. The van der Waals surface area contributed by atoms with Crippen LogP contribution in [0.4, 0.5) is 0 Å². The van der Waals surface area contributed by atoms with Gasteiger partial charge in [-0.2, -0.15) is 0 Å². The molecule has 2 rings (SSSR count). The summed E-state index contributed by atoms with van der Waals surface area (Å²) in [4.78, 5) is 0.427. The summed E-state index contributed by atoms with van der Waals surface area (Å²) in [7, 11) is 0. The van der Waals surface area contributed by atoms with E-state index in [2.05, 4.69) is 73.8 Å². The van der Waals surface area contributed by atoms with Crippen LogP contribution in [0.5, 0.6) is 0 Å². The lowest BCUT2D eigenvalue weighted by molar-refractivity contribution is 0.212. The van der Waals surface area contributed by atoms with Crippen LogP contribution in [0.1, 0.15) is 55.0 Å². The van der Waals surface area contributed by atoms with Gasteiger partial charge in [0.1, 0.15) is 0 Å². The van der Waals surface area contributed by atoms with Crippen molar-refractivity contribution in [1.29, 1.82) is 0 Å².